The second kappa shape index (κ2) is 8.18. The molecule has 0 aliphatic heterocycles. The van der Waals surface area contributed by atoms with Crippen molar-refractivity contribution in [1.29, 1.82) is 0 Å². The maximum absolute atomic E-state index is 13.5. The van der Waals surface area contributed by atoms with E-state index in [1.807, 2.05) is 0 Å². The molecule has 0 aliphatic rings. The lowest BCUT2D eigenvalue weighted by Gasteiger charge is -2.21. The predicted octanol–water partition coefficient (Wildman–Crippen LogP) is 5.67. The third kappa shape index (κ3) is 12.6. The highest BCUT2D eigenvalue weighted by atomic mass is 31.2. The standard InChI is InChI=1S/C14H28FO3P/c1-12(2)8-7-9-13(3)10-11-17-19(15,16)18-14(4,5)6/h8,13H,7,9-11H2,1-6H3. The molecule has 0 aromatic heterocycles. The Bertz CT molecular complexity index is 330. The maximum atomic E-state index is 13.5. The molecule has 0 spiro atoms. The Kier molecular flexibility index (Phi) is 8.11. The van der Waals surface area contributed by atoms with Crippen LogP contribution in [0.1, 0.15) is 60.8 Å². The highest BCUT2D eigenvalue weighted by molar-refractivity contribution is 7.48. The van der Waals surface area contributed by atoms with Gasteiger partial charge in [-0.1, -0.05) is 18.6 Å². The fourth-order valence-electron chi connectivity index (χ4n) is 1.52. The van der Waals surface area contributed by atoms with Gasteiger partial charge in [0.25, 0.3) is 0 Å². The first-order valence-electron chi connectivity index (χ1n) is 6.80. The molecule has 3 nitrogen and oxygen atoms in total. The van der Waals surface area contributed by atoms with E-state index in [1.165, 1.54) is 5.57 Å². The van der Waals surface area contributed by atoms with Crippen LogP contribution < -0.4 is 0 Å². The number of rotatable bonds is 8. The van der Waals surface area contributed by atoms with E-state index >= 15 is 0 Å². The first kappa shape index (κ1) is 18.8. The van der Waals surface area contributed by atoms with Crippen molar-refractivity contribution in [3.05, 3.63) is 11.6 Å². The van der Waals surface area contributed by atoms with Crippen LogP contribution in [0.5, 0.6) is 0 Å². The van der Waals surface area contributed by atoms with Crippen LogP contribution in [0.25, 0.3) is 0 Å². The largest absolute Gasteiger partial charge is 0.513 e. The molecule has 0 fully saturated rings. The monoisotopic (exact) mass is 294 g/mol. The molecule has 0 radical (unpaired) electrons. The minimum atomic E-state index is -4.42. The number of halogens is 1. The van der Waals surface area contributed by atoms with Crippen molar-refractivity contribution in [1.82, 2.24) is 0 Å². The van der Waals surface area contributed by atoms with Crippen LogP contribution in [0.4, 0.5) is 4.20 Å². The van der Waals surface area contributed by atoms with Crippen LogP contribution in [-0.2, 0) is 13.6 Å². The molecule has 0 aromatic rings. The molecule has 5 heteroatoms. The first-order chi connectivity index (χ1) is 8.52. The van der Waals surface area contributed by atoms with Gasteiger partial charge >= 0.3 is 7.91 Å². The fraction of sp³-hybridized carbons (Fsp3) is 0.857. The summed E-state index contributed by atoms with van der Waals surface area (Å²) in [5.74, 6) is 0.408. The van der Waals surface area contributed by atoms with Crippen molar-refractivity contribution in [2.24, 2.45) is 5.92 Å². The van der Waals surface area contributed by atoms with Gasteiger partial charge in [0.1, 0.15) is 0 Å². The number of hydrogen-bond acceptors (Lipinski definition) is 3. The van der Waals surface area contributed by atoms with Gasteiger partial charge in [-0.05, 0) is 59.8 Å². The molecule has 0 rings (SSSR count). The molecule has 114 valence electrons. The second-order valence-electron chi connectivity index (χ2n) is 6.22. The van der Waals surface area contributed by atoms with E-state index in [2.05, 4.69) is 26.8 Å². The first-order valence-corrected chi connectivity index (χ1v) is 8.23. The van der Waals surface area contributed by atoms with Crippen LogP contribution in [0.15, 0.2) is 11.6 Å². The zero-order valence-electron chi connectivity index (χ0n) is 13.0. The maximum Gasteiger partial charge on any atom is 0.513 e. The molecule has 0 bridgehead atoms. The molecular weight excluding hydrogens is 266 g/mol. The lowest BCUT2D eigenvalue weighted by atomic mass is 10.0. The van der Waals surface area contributed by atoms with Crippen LogP contribution in [0, 0.1) is 5.92 Å². The Morgan fingerprint density at radius 3 is 2.37 bits per heavy atom. The molecule has 0 amide bonds. The van der Waals surface area contributed by atoms with E-state index in [1.54, 1.807) is 20.8 Å². The van der Waals surface area contributed by atoms with Gasteiger partial charge in [-0.15, -0.1) is 4.20 Å². The summed E-state index contributed by atoms with van der Waals surface area (Å²) in [5.41, 5.74) is 0.495. The lowest BCUT2D eigenvalue weighted by molar-refractivity contribution is 0.0742. The second-order valence-corrected chi connectivity index (χ2v) is 7.52. The summed E-state index contributed by atoms with van der Waals surface area (Å²) >= 11 is 0. The van der Waals surface area contributed by atoms with E-state index in [4.69, 9.17) is 9.05 Å². The van der Waals surface area contributed by atoms with E-state index in [0.717, 1.165) is 12.8 Å². The Hall–Kier alpha value is -0.180. The molecule has 0 aromatic carbocycles. The molecule has 0 heterocycles. The fourth-order valence-corrected chi connectivity index (χ4v) is 2.55. The van der Waals surface area contributed by atoms with Gasteiger partial charge < -0.3 is 0 Å². The van der Waals surface area contributed by atoms with Gasteiger partial charge in [0.15, 0.2) is 0 Å². The molecule has 19 heavy (non-hydrogen) atoms. The van der Waals surface area contributed by atoms with E-state index in [9.17, 15) is 8.76 Å². The van der Waals surface area contributed by atoms with Gasteiger partial charge in [-0.2, -0.15) is 0 Å². The quantitative estimate of drug-likeness (QED) is 0.427. The van der Waals surface area contributed by atoms with E-state index in [0.29, 0.717) is 12.3 Å². The highest BCUT2D eigenvalue weighted by Gasteiger charge is 2.30. The topological polar surface area (TPSA) is 35.5 Å². The molecular formula is C14H28FO3P. The van der Waals surface area contributed by atoms with Crippen molar-refractivity contribution in [2.75, 3.05) is 6.61 Å². The zero-order chi connectivity index (χ0) is 15.1. The Labute approximate surface area is 117 Å². The normalized spacial score (nSPS) is 16.8. The summed E-state index contributed by atoms with van der Waals surface area (Å²) in [6, 6.07) is 0. The zero-order valence-corrected chi connectivity index (χ0v) is 13.9. The van der Waals surface area contributed by atoms with Crippen molar-refractivity contribution < 1.29 is 17.8 Å². The summed E-state index contributed by atoms with van der Waals surface area (Å²) in [5, 5.41) is 0. The van der Waals surface area contributed by atoms with Crippen LogP contribution in [0.3, 0.4) is 0 Å². The summed E-state index contributed by atoms with van der Waals surface area (Å²) in [6.45, 7) is 11.3. The molecule has 0 aliphatic carbocycles. The van der Waals surface area contributed by atoms with Crippen molar-refractivity contribution >= 4 is 7.91 Å². The molecule has 0 saturated carbocycles. The Balaban J connectivity index is 3.89. The van der Waals surface area contributed by atoms with Gasteiger partial charge in [-0.3, -0.25) is 9.05 Å². The smallest absolute Gasteiger partial charge is 0.284 e. The van der Waals surface area contributed by atoms with E-state index < -0.39 is 13.5 Å². The molecule has 0 N–H and O–H groups in total. The van der Waals surface area contributed by atoms with Crippen molar-refractivity contribution in [3.8, 4) is 0 Å². The molecule has 0 saturated heterocycles. The third-order valence-electron chi connectivity index (χ3n) is 2.45. The van der Waals surface area contributed by atoms with Crippen molar-refractivity contribution in [2.45, 2.75) is 66.4 Å². The summed E-state index contributed by atoms with van der Waals surface area (Å²) in [6.07, 6.45) is 4.89. The molecule has 2 unspecified atom stereocenters. The number of allylic oxidation sites excluding steroid dienone is 2. The Morgan fingerprint density at radius 1 is 1.32 bits per heavy atom. The van der Waals surface area contributed by atoms with Gasteiger partial charge in [-0.25, -0.2) is 4.57 Å². The van der Waals surface area contributed by atoms with Gasteiger partial charge in [0, 0.05) is 0 Å². The third-order valence-corrected chi connectivity index (χ3v) is 3.71. The predicted molar refractivity (Wildman–Crippen MR) is 78.0 cm³/mol. The Morgan fingerprint density at radius 2 is 1.89 bits per heavy atom. The highest BCUT2D eigenvalue weighted by Crippen LogP contribution is 2.53. The van der Waals surface area contributed by atoms with Gasteiger partial charge in [0.05, 0.1) is 12.2 Å². The molecule has 2 atom stereocenters. The minimum absolute atomic E-state index is 0.125. The van der Waals surface area contributed by atoms with Crippen LogP contribution in [-0.4, -0.2) is 12.2 Å². The number of hydrogen-bond donors (Lipinski definition) is 0. The van der Waals surface area contributed by atoms with Crippen LogP contribution >= 0.6 is 7.91 Å². The average molecular weight is 294 g/mol. The van der Waals surface area contributed by atoms with Gasteiger partial charge in [0.2, 0.25) is 0 Å². The minimum Gasteiger partial charge on any atom is -0.284 e. The average Bonchev–Trinajstić information content (AvgIpc) is 2.12. The van der Waals surface area contributed by atoms with E-state index in [-0.39, 0.29) is 6.61 Å². The summed E-state index contributed by atoms with van der Waals surface area (Å²) in [7, 11) is -4.42. The SMILES string of the molecule is CC(C)=CCCC(C)CCOP(=O)(F)OC(C)(C)C. The van der Waals surface area contributed by atoms with Crippen molar-refractivity contribution in [3.63, 3.8) is 0 Å². The van der Waals surface area contributed by atoms with Crippen LogP contribution in [0.2, 0.25) is 0 Å². The lowest BCUT2D eigenvalue weighted by Crippen LogP contribution is -2.17. The summed E-state index contributed by atoms with van der Waals surface area (Å²) < 4.78 is 34.4. The summed E-state index contributed by atoms with van der Waals surface area (Å²) in [4.78, 5) is 0.